The lowest BCUT2D eigenvalue weighted by Gasteiger charge is -2.27. The first-order chi connectivity index (χ1) is 7.83. The molecule has 0 radical (unpaired) electrons. The lowest BCUT2D eigenvalue weighted by Crippen LogP contribution is -2.45. The van der Waals surface area contributed by atoms with Gasteiger partial charge in [-0.15, -0.1) is 0 Å². The van der Waals surface area contributed by atoms with Crippen molar-refractivity contribution in [2.45, 2.75) is 12.6 Å². The largest absolute Gasteiger partial charge is 0.471 e. The molecule has 6 nitrogen and oxygen atoms in total. The number of nitrogens with zero attached hydrogens (tertiary/aromatic N) is 1. The summed E-state index contributed by atoms with van der Waals surface area (Å²) < 4.78 is 65.2. The van der Waals surface area contributed by atoms with Crippen molar-refractivity contribution in [3.05, 3.63) is 0 Å². The summed E-state index contributed by atoms with van der Waals surface area (Å²) in [7, 11) is -1.15. The highest BCUT2D eigenvalue weighted by molar-refractivity contribution is 7.85. The highest BCUT2D eigenvalue weighted by atomic mass is 32.2. The molecule has 0 aromatic heterocycles. The molecule has 0 aromatic carbocycles. The van der Waals surface area contributed by atoms with Crippen LogP contribution >= 0.6 is 0 Å². The van der Waals surface area contributed by atoms with Gasteiger partial charge in [0, 0.05) is 13.0 Å². The number of hydrogen-bond acceptors (Lipinski definition) is 3. The molecule has 0 aliphatic carbocycles. The lowest BCUT2D eigenvalue weighted by atomic mass is 10.3. The number of hydrogen-bond donors (Lipinski definition) is 2. The Morgan fingerprint density at radius 1 is 1.33 bits per heavy atom. The number of nitrogens with one attached hydrogen (secondary N) is 1. The highest BCUT2D eigenvalue weighted by Crippen LogP contribution is 2.13. The quantitative estimate of drug-likeness (QED) is 0.409. The van der Waals surface area contributed by atoms with E-state index < -0.39 is 28.1 Å². The summed E-state index contributed by atoms with van der Waals surface area (Å²) in [6.07, 6.45) is -4.76. The van der Waals surface area contributed by atoms with Crippen LogP contribution in [0.4, 0.5) is 13.2 Å². The fourth-order valence-corrected chi connectivity index (χ4v) is 2.33. The molecule has 0 rings (SSSR count). The van der Waals surface area contributed by atoms with Gasteiger partial charge in [-0.1, -0.05) is 0 Å². The van der Waals surface area contributed by atoms with E-state index in [1.165, 1.54) is 14.1 Å². The SMILES string of the molecule is C[N+](C)(CCCNC(=O)C(F)(F)F)CS(=O)(=O)O. The van der Waals surface area contributed by atoms with E-state index in [4.69, 9.17) is 4.55 Å². The monoisotopic (exact) mass is 293 g/mol. The molecule has 0 bridgehead atoms. The van der Waals surface area contributed by atoms with Gasteiger partial charge in [0.05, 0.1) is 20.6 Å². The maximum atomic E-state index is 11.8. The minimum Gasteiger partial charge on any atom is -0.348 e. The molecule has 0 aliphatic heterocycles. The zero-order valence-electron chi connectivity index (χ0n) is 9.99. The van der Waals surface area contributed by atoms with Crippen molar-refractivity contribution in [2.75, 3.05) is 33.1 Å². The standard InChI is InChI=1S/C8H15F3N2O4S/c1-13(2,6-18(15,16)17)5-3-4-12-7(14)8(9,10)11/h3-6H2,1-2H3,(H-,12,14,15,16,17)/p+1. The van der Waals surface area contributed by atoms with E-state index in [1.54, 1.807) is 5.32 Å². The molecule has 2 N–H and O–H groups in total. The van der Waals surface area contributed by atoms with E-state index in [9.17, 15) is 26.4 Å². The Morgan fingerprint density at radius 3 is 2.22 bits per heavy atom. The van der Waals surface area contributed by atoms with Crippen LogP contribution in [0, 0.1) is 0 Å². The van der Waals surface area contributed by atoms with E-state index in [2.05, 4.69) is 0 Å². The van der Waals surface area contributed by atoms with Crippen LogP contribution in [0.2, 0.25) is 0 Å². The molecule has 10 heteroatoms. The van der Waals surface area contributed by atoms with E-state index in [-0.39, 0.29) is 24.0 Å². The molecule has 0 atom stereocenters. The average Bonchev–Trinajstić information content (AvgIpc) is 2.06. The highest BCUT2D eigenvalue weighted by Gasteiger charge is 2.38. The minimum atomic E-state index is -4.92. The van der Waals surface area contributed by atoms with Gasteiger partial charge < -0.3 is 9.80 Å². The zero-order chi connectivity index (χ0) is 14.6. The van der Waals surface area contributed by atoms with Crippen LogP contribution in [0.1, 0.15) is 6.42 Å². The molecule has 0 saturated heterocycles. The van der Waals surface area contributed by atoms with E-state index >= 15 is 0 Å². The van der Waals surface area contributed by atoms with Crippen LogP contribution in [-0.4, -0.2) is 62.6 Å². The number of carbonyl (C=O) groups excluding carboxylic acids is 1. The van der Waals surface area contributed by atoms with Crippen molar-refractivity contribution in [1.29, 1.82) is 0 Å². The normalized spacial score (nSPS) is 13.4. The topological polar surface area (TPSA) is 83.5 Å². The van der Waals surface area contributed by atoms with Gasteiger partial charge in [-0.05, 0) is 0 Å². The Balaban J connectivity index is 4.02. The van der Waals surface area contributed by atoms with Crippen molar-refractivity contribution >= 4 is 16.0 Å². The summed E-state index contributed by atoms with van der Waals surface area (Å²) in [4.78, 5) is 10.4. The molecule has 18 heavy (non-hydrogen) atoms. The third-order valence-corrected chi connectivity index (χ3v) is 3.02. The third kappa shape index (κ3) is 8.25. The summed E-state index contributed by atoms with van der Waals surface area (Å²) in [5, 5.41) is 1.67. The zero-order valence-corrected chi connectivity index (χ0v) is 10.8. The lowest BCUT2D eigenvalue weighted by molar-refractivity contribution is -0.878. The Hall–Kier alpha value is -0.870. The molecular weight excluding hydrogens is 277 g/mol. The van der Waals surface area contributed by atoms with Gasteiger partial charge in [-0.25, -0.2) is 0 Å². The summed E-state index contributed by atoms with van der Waals surface area (Å²) in [5.41, 5.74) is 0. The number of carbonyl (C=O) groups is 1. The van der Waals surface area contributed by atoms with Gasteiger partial charge in [0.15, 0.2) is 0 Å². The smallest absolute Gasteiger partial charge is 0.348 e. The van der Waals surface area contributed by atoms with Crippen LogP contribution in [0.3, 0.4) is 0 Å². The predicted octanol–water partition coefficient (Wildman–Crippen LogP) is -0.0233. The minimum absolute atomic E-state index is 0.110. The van der Waals surface area contributed by atoms with Crippen LogP contribution < -0.4 is 5.32 Å². The van der Waals surface area contributed by atoms with Crippen molar-refractivity contribution in [3.63, 3.8) is 0 Å². The van der Waals surface area contributed by atoms with Gasteiger partial charge in [-0.2, -0.15) is 21.6 Å². The molecule has 0 heterocycles. The number of amides is 1. The van der Waals surface area contributed by atoms with E-state index in [0.29, 0.717) is 0 Å². The summed E-state index contributed by atoms with van der Waals surface area (Å²) in [6.45, 7) is -0.0244. The molecule has 1 amide bonds. The molecule has 0 saturated carbocycles. The molecular formula is C8H16F3N2O4S+. The van der Waals surface area contributed by atoms with E-state index in [0.717, 1.165) is 0 Å². The second-order valence-electron chi connectivity index (χ2n) is 4.48. The Kier molecular flexibility index (Phi) is 5.56. The van der Waals surface area contributed by atoms with Crippen LogP contribution in [0.25, 0.3) is 0 Å². The third-order valence-electron chi connectivity index (χ3n) is 2.00. The molecule has 0 unspecified atom stereocenters. The summed E-state index contributed by atoms with van der Waals surface area (Å²) in [5.74, 6) is -2.57. The second-order valence-corrected chi connectivity index (χ2v) is 5.90. The molecule has 0 fully saturated rings. The number of alkyl halides is 3. The first-order valence-electron chi connectivity index (χ1n) is 4.96. The number of halogens is 3. The molecule has 0 aromatic rings. The fourth-order valence-electron chi connectivity index (χ4n) is 1.32. The van der Waals surface area contributed by atoms with Crippen molar-refractivity contribution < 1.29 is 35.4 Å². The Bertz CT molecular complexity index is 392. The van der Waals surface area contributed by atoms with Gasteiger partial charge in [0.1, 0.15) is 0 Å². The molecule has 108 valence electrons. The van der Waals surface area contributed by atoms with Gasteiger partial charge in [-0.3, -0.25) is 9.35 Å². The molecule has 0 spiro atoms. The summed E-state index contributed by atoms with van der Waals surface area (Å²) in [6, 6.07) is 0. The maximum absolute atomic E-state index is 11.8. The molecule has 0 aliphatic rings. The van der Waals surface area contributed by atoms with Gasteiger partial charge >= 0.3 is 22.2 Å². The van der Waals surface area contributed by atoms with Crippen molar-refractivity contribution in [2.24, 2.45) is 0 Å². The average molecular weight is 293 g/mol. The first-order valence-corrected chi connectivity index (χ1v) is 6.57. The van der Waals surface area contributed by atoms with Gasteiger partial charge in [0.25, 0.3) is 0 Å². The maximum Gasteiger partial charge on any atom is 0.471 e. The number of quaternary nitrogens is 1. The number of rotatable bonds is 6. The second kappa shape index (κ2) is 5.85. The van der Waals surface area contributed by atoms with Crippen molar-refractivity contribution in [3.8, 4) is 0 Å². The van der Waals surface area contributed by atoms with Crippen LogP contribution in [-0.2, 0) is 14.9 Å². The Morgan fingerprint density at radius 2 is 1.83 bits per heavy atom. The predicted molar refractivity (Wildman–Crippen MR) is 57.1 cm³/mol. The van der Waals surface area contributed by atoms with Crippen LogP contribution in [0.15, 0.2) is 0 Å². The summed E-state index contributed by atoms with van der Waals surface area (Å²) >= 11 is 0. The van der Waals surface area contributed by atoms with Crippen LogP contribution in [0.5, 0.6) is 0 Å². The van der Waals surface area contributed by atoms with Crippen molar-refractivity contribution in [1.82, 2.24) is 5.32 Å². The fraction of sp³-hybridized carbons (Fsp3) is 0.875. The first kappa shape index (κ1) is 17.1. The Labute approximate surface area is 103 Å². The van der Waals surface area contributed by atoms with E-state index in [1.807, 2.05) is 0 Å². The van der Waals surface area contributed by atoms with Gasteiger partial charge in [0.2, 0.25) is 5.88 Å².